The molecule has 0 radical (unpaired) electrons. The molecule has 2 N–H and O–H groups in total. The summed E-state index contributed by atoms with van der Waals surface area (Å²) in [7, 11) is 1.90. The summed E-state index contributed by atoms with van der Waals surface area (Å²) >= 11 is 2.60. The summed E-state index contributed by atoms with van der Waals surface area (Å²) in [6.07, 6.45) is 3.64. The van der Waals surface area contributed by atoms with E-state index < -0.39 is 0 Å². The molecule has 0 aliphatic rings. The topological polar surface area (TPSA) is 69.6 Å². The number of nitrogens with two attached hydrogens (primary N) is 1. The van der Waals surface area contributed by atoms with Gasteiger partial charge in [0.25, 0.3) is 0 Å². The van der Waals surface area contributed by atoms with Crippen molar-refractivity contribution in [1.29, 1.82) is 0 Å². The lowest BCUT2D eigenvalue weighted by Crippen LogP contribution is -1.96. The number of rotatable bonds is 2. The SMILES string of the molecule is CSc1nc(SN)c2c(ncn2C)n1. The van der Waals surface area contributed by atoms with Gasteiger partial charge in [0.1, 0.15) is 10.5 Å². The van der Waals surface area contributed by atoms with Crippen LogP contribution in [0.25, 0.3) is 11.2 Å². The Morgan fingerprint density at radius 2 is 2.21 bits per heavy atom. The molecule has 7 heteroatoms. The number of hydrogen-bond donors (Lipinski definition) is 1. The second kappa shape index (κ2) is 3.76. The standard InChI is InChI=1S/C7H9N5S2/c1-12-3-9-5-4(12)6(14-8)11-7(10-5)13-2/h3H,8H2,1-2H3. The molecule has 74 valence electrons. The summed E-state index contributed by atoms with van der Waals surface area (Å²) in [4.78, 5) is 12.7. The van der Waals surface area contributed by atoms with E-state index in [-0.39, 0.29) is 0 Å². The smallest absolute Gasteiger partial charge is 0.190 e. The minimum atomic E-state index is 0.694. The lowest BCUT2D eigenvalue weighted by molar-refractivity contribution is 0.888. The molecule has 0 atom stereocenters. The van der Waals surface area contributed by atoms with Crippen LogP contribution >= 0.6 is 23.7 Å². The van der Waals surface area contributed by atoms with Crippen molar-refractivity contribution in [3.05, 3.63) is 6.33 Å². The van der Waals surface area contributed by atoms with Gasteiger partial charge in [0.05, 0.1) is 6.33 Å². The molecule has 2 rings (SSSR count). The van der Waals surface area contributed by atoms with Gasteiger partial charge in [-0.3, -0.25) is 5.14 Å². The highest BCUT2D eigenvalue weighted by atomic mass is 32.2. The highest BCUT2D eigenvalue weighted by molar-refractivity contribution is 7.98. The van der Waals surface area contributed by atoms with Crippen LogP contribution < -0.4 is 5.14 Å². The molecular formula is C7H9N5S2. The molecular weight excluding hydrogens is 218 g/mol. The van der Waals surface area contributed by atoms with E-state index in [1.54, 1.807) is 6.33 Å². The number of fused-ring (bicyclic) bond motifs is 1. The van der Waals surface area contributed by atoms with Crippen LogP contribution in [-0.4, -0.2) is 25.8 Å². The number of nitrogens with zero attached hydrogens (tertiary/aromatic N) is 4. The number of imidazole rings is 1. The monoisotopic (exact) mass is 227 g/mol. The quantitative estimate of drug-likeness (QED) is 0.358. The minimum absolute atomic E-state index is 0.694. The Bertz CT molecular complexity index is 466. The summed E-state index contributed by atoms with van der Waals surface area (Å²) in [5.74, 6) is 0. The molecule has 0 saturated heterocycles. The first-order chi connectivity index (χ1) is 6.76. The van der Waals surface area contributed by atoms with Gasteiger partial charge in [-0.2, -0.15) is 0 Å². The van der Waals surface area contributed by atoms with Gasteiger partial charge in [0, 0.05) is 7.05 Å². The Kier molecular flexibility index (Phi) is 2.62. The molecule has 0 aromatic carbocycles. The minimum Gasteiger partial charge on any atom is -0.330 e. The van der Waals surface area contributed by atoms with Gasteiger partial charge in [-0.15, -0.1) is 0 Å². The molecule has 0 bridgehead atoms. The Labute approximate surface area is 89.6 Å². The predicted molar refractivity (Wildman–Crippen MR) is 58.1 cm³/mol. The van der Waals surface area contributed by atoms with Crippen LogP contribution in [0.3, 0.4) is 0 Å². The predicted octanol–water partition coefficient (Wildman–Crippen LogP) is 1.05. The van der Waals surface area contributed by atoms with Crippen molar-refractivity contribution < 1.29 is 0 Å². The molecule has 0 aliphatic heterocycles. The van der Waals surface area contributed by atoms with E-state index >= 15 is 0 Å². The first kappa shape index (κ1) is 9.75. The normalized spacial score (nSPS) is 11.1. The van der Waals surface area contributed by atoms with Gasteiger partial charge < -0.3 is 4.57 Å². The highest BCUT2D eigenvalue weighted by Gasteiger charge is 2.10. The maximum atomic E-state index is 5.54. The van der Waals surface area contributed by atoms with Gasteiger partial charge in [-0.05, 0) is 18.2 Å². The zero-order chi connectivity index (χ0) is 10.1. The maximum Gasteiger partial charge on any atom is 0.190 e. The lowest BCUT2D eigenvalue weighted by atomic mass is 10.5. The molecule has 5 nitrogen and oxygen atoms in total. The molecule has 0 fully saturated rings. The average Bonchev–Trinajstić information content (AvgIpc) is 2.59. The second-order valence-corrected chi connectivity index (χ2v) is 4.06. The van der Waals surface area contributed by atoms with Crippen molar-refractivity contribution >= 4 is 34.9 Å². The largest absolute Gasteiger partial charge is 0.330 e. The van der Waals surface area contributed by atoms with Crippen LogP contribution in [0.4, 0.5) is 0 Å². The fraction of sp³-hybridized carbons (Fsp3) is 0.286. The van der Waals surface area contributed by atoms with Crippen LogP contribution in [0.15, 0.2) is 16.5 Å². The van der Waals surface area contributed by atoms with Crippen LogP contribution in [0.1, 0.15) is 0 Å². The highest BCUT2D eigenvalue weighted by Crippen LogP contribution is 2.23. The van der Waals surface area contributed by atoms with Crippen molar-refractivity contribution in [2.24, 2.45) is 12.2 Å². The molecule has 0 unspecified atom stereocenters. The molecule has 0 saturated carbocycles. The third-order valence-electron chi connectivity index (χ3n) is 1.81. The number of thioether (sulfide) groups is 1. The van der Waals surface area contributed by atoms with E-state index in [9.17, 15) is 0 Å². The van der Waals surface area contributed by atoms with Crippen molar-refractivity contribution in [2.45, 2.75) is 10.2 Å². The third kappa shape index (κ3) is 1.47. The van der Waals surface area contributed by atoms with E-state index in [0.717, 1.165) is 22.5 Å². The first-order valence-corrected chi connectivity index (χ1v) is 5.96. The summed E-state index contributed by atoms with van der Waals surface area (Å²) in [6, 6.07) is 0. The Balaban J connectivity index is 2.76. The Hall–Kier alpha value is -0.790. The number of hydrogen-bond acceptors (Lipinski definition) is 6. The Morgan fingerprint density at radius 1 is 1.43 bits per heavy atom. The van der Waals surface area contributed by atoms with E-state index in [1.165, 1.54) is 11.8 Å². The average molecular weight is 227 g/mol. The summed E-state index contributed by atoms with van der Waals surface area (Å²) in [5.41, 5.74) is 1.58. The molecule has 0 amide bonds. The van der Waals surface area contributed by atoms with Gasteiger partial charge in [-0.1, -0.05) is 11.8 Å². The zero-order valence-electron chi connectivity index (χ0n) is 7.76. The van der Waals surface area contributed by atoms with Crippen LogP contribution in [0.2, 0.25) is 0 Å². The molecule has 14 heavy (non-hydrogen) atoms. The lowest BCUT2D eigenvalue weighted by Gasteiger charge is -2.01. The van der Waals surface area contributed by atoms with Crippen molar-refractivity contribution in [1.82, 2.24) is 19.5 Å². The van der Waals surface area contributed by atoms with E-state index in [4.69, 9.17) is 5.14 Å². The molecule has 2 aromatic rings. The maximum absolute atomic E-state index is 5.54. The number of aromatic nitrogens is 4. The zero-order valence-corrected chi connectivity index (χ0v) is 9.39. The van der Waals surface area contributed by atoms with Gasteiger partial charge in [-0.25, -0.2) is 15.0 Å². The number of aryl methyl sites for hydroxylation is 1. The van der Waals surface area contributed by atoms with E-state index in [1.807, 2.05) is 17.9 Å². The first-order valence-electron chi connectivity index (χ1n) is 3.86. The van der Waals surface area contributed by atoms with Gasteiger partial charge in [0.15, 0.2) is 10.8 Å². The van der Waals surface area contributed by atoms with Crippen molar-refractivity contribution in [3.8, 4) is 0 Å². The Morgan fingerprint density at radius 3 is 2.86 bits per heavy atom. The molecule has 0 spiro atoms. The fourth-order valence-electron chi connectivity index (χ4n) is 1.18. The van der Waals surface area contributed by atoms with Crippen LogP contribution in [0, 0.1) is 0 Å². The van der Waals surface area contributed by atoms with Crippen molar-refractivity contribution in [3.63, 3.8) is 0 Å². The van der Waals surface area contributed by atoms with Gasteiger partial charge >= 0.3 is 0 Å². The van der Waals surface area contributed by atoms with Crippen molar-refractivity contribution in [2.75, 3.05) is 6.26 Å². The summed E-state index contributed by atoms with van der Waals surface area (Å²) < 4.78 is 1.87. The third-order valence-corrected chi connectivity index (χ3v) is 2.87. The van der Waals surface area contributed by atoms with Crippen LogP contribution in [0.5, 0.6) is 0 Å². The van der Waals surface area contributed by atoms with E-state index in [2.05, 4.69) is 15.0 Å². The van der Waals surface area contributed by atoms with Crippen LogP contribution in [-0.2, 0) is 7.05 Å². The molecule has 2 aromatic heterocycles. The molecule has 2 heterocycles. The molecule has 0 aliphatic carbocycles. The fourth-order valence-corrected chi connectivity index (χ4v) is 2.08. The van der Waals surface area contributed by atoms with E-state index in [0.29, 0.717) is 10.8 Å². The van der Waals surface area contributed by atoms with Gasteiger partial charge in [0.2, 0.25) is 0 Å². The summed E-state index contributed by atoms with van der Waals surface area (Å²) in [6.45, 7) is 0. The second-order valence-electron chi connectivity index (χ2n) is 2.66. The summed E-state index contributed by atoms with van der Waals surface area (Å²) in [5, 5.41) is 7.01.